The van der Waals surface area contributed by atoms with Crippen molar-refractivity contribution in [2.75, 3.05) is 46.4 Å². The van der Waals surface area contributed by atoms with E-state index in [2.05, 4.69) is 40.5 Å². The minimum Gasteiger partial charge on any atom is -0.368 e. The Morgan fingerprint density at radius 1 is 1.12 bits per heavy atom. The molecule has 2 heterocycles. The fraction of sp³-hybridized carbons (Fsp3) is 0.632. The first-order valence-electron chi connectivity index (χ1n) is 9.05. The predicted molar refractivity (Wildman–Crippen MR) is 94.8 cm³/mol. The van der Waals surface area contributed by atoms with Crippen molar-refractivity contribution in [2.45, 2.75) is 31.4 Å². The molecule has 0 spiro atoms. The Morgan fingerprint density at radius 2 is 1.88 bits per heavy atom. The molecule has 2 aliphatic heterocycles. The lowest BCUT2D eigenvalue weighted by atomic mass is 9.90. The van der Waals surface area contributed by atoms with E-state index >= 15 is 0 Å². The normalized spacial score (nSPS) is 22.1. The molecule has 3 rings (SSSR count). The highest BCUT2D eigenvalue weighted by atomic mass is 16.5. The van der Waals surface area contributed by atoms with Crippen LogP contribution in [0.25, 0.3) is 0 Å². The van der Waals surface area contributed by atoms with Crippen molar-refractivity contribution < 1.29 is 9.53 Å². The van der Waals surface area contributed by atoms with Gasteiger partial charge in [-0.3, -0.25) is 9.69 Å². The Kier molecular flexibility index (Phi) is 5.87. The number of methoxy groups -OCH3 is 1. The van der Waals surface area contributed by atoms with Gasteiger partial charge >= 0.3 is 0 Å². The molecule has 0 saturated carbocycles. The average Bonchev–Trinajstić information content (AvgIpc) is 2.88. The number of carbonyl (C=O) groups excluding carboxylic acids is 1. The van der Waals surface area contributed by atoms with Crippen LogP contribution in [0.3, 0.4) is 0 Å². The molecule has 24 heavy (non-hydrogen) atoms. The molecule has 1 aromatic rings. The molecule has 0 bridgehead atoms. The highest BCUT2D eigenvalue weighted by molar-refractivity contribution is 5.85. The third-order valence-corrected chi connectivity index (χ3v) is 5.32. The molecule has 1 amide bonds. The van der Waals surface area contributed by atoms with E-state index in [9.17, 15) is 4.79 Å². The standard InChI is InChI=1S/C19H29N3O2/c1-24-19(8-10-20-11-9-19)18(23)22-13-5-12-21(14-15-22)16-17-6-3-2-4-7-17/h2-4,6-7,20H,5,8-16H2,1H3. The van der Waals surface area contributed by atoms with Crippen LogP contribution in [0.5, 0.6) is 0 Å². The summed E-state index contributed by atoms with van der Waals surface area (Å²) in [6, 6.07) is 10.6. The second kappa shape index (κ2) is 8.10. The van der Waals surface area contributed by atoms with Crippen molar-refractivity contribution in [2.24, 2.45) is 0 Å². The highest BCUT2D eigenvalue weighted by Gasteiger charge is 2.42. The molecule has 5 nitrogen and oxygen atoms in total. The van der Waals surface area contributed by atoms with Gasteiger partial charge in [0.15, 0.2) is 0 Å². The Morgan fingerprint density at radius 3 is 2.58 bits per heavy atom. The molecule has 0 atom stereocenters. The van der Waals surface area contributed by atoms with E-state index in [0.29, 0.717) is 0 Å². The minimum absolute atomic E-state index is 0.188. The quantitative estimate of drug-likeness (QED) is 0.908. The first kappa shape index (κ1) is 17.4. The maximum atomic E-state index is 13.1. The Hall–Kier alpha value is -1.43. The maximum Gasteiger partial charge on any atom is 0.254 e. The topological polar surface area (TPSA) is 44.8 Å². The SMILES string of the molecule is COC1(C(=O)N2CCCN(Cc3ccccc3)CC2)CCNCC1. The number of piperidine rings is 1. The average molecular weight is 331 g/mol. The van der Waals surface area contributed by atoms with E-state index < -0.39 is 5.60 Å². The van der Waals surface area contributed by atoms with Crippen LogP contribution in [-0.2, 0) is 16.1 Å². The number of amides is 1. The molecule has 0 unspecified atom stereocenters. The summed E-state index contributed by atoms with van der Waals surface area (Å²) in [5, 5.41) is 3.32. The zero-order valence-electron chi connectivity index (χ0n) is 14.7. The van der Waals surface area contributed by atoms with Crippen molar-refractivity contribution >= 4 is 5.91 Å². The van der Waals surface area contributed by atoms with E-state index in [1.54, 1.807) is 7.11 Å². The second-order valence-corrected chi connectivity index (χ2v) is 6.86. The summed E-state index contributed by atoms with van der Waals surface area (Å²) in [6.45, 7) is 6.27. The largest absolute Gasteiger partial charge is 0.368 e. The minimum atomic E-state index is -0.611. The number of nitrogens with zero attached hydrogens (tertiary/aromatic N) is 2. The molecule has 1 aromatic carbocycles. The van der Waals surface area contributed by atoms with Crippen LogP contribution < -0.4 is 5.32 Å². The summed E-state index contributed by atoms with van der Waals surface area (Å²) < 4.78 is 5.71. The van der Waals surface area contributed by atoms with Gasteiger partial charge in [-0.25, -0.2) is 0 Å². The summed E-state index contributed by atoms with van der Waals surface area (Å²) >= 11 is 0. The predicted octanol–water partition coefficient (Wildman–Crippen LogP) is 1.49. The fourth-order valence-corrected chi connectivity index (χ4v) is 3.80. The summed E-state index contributed by atoms with van der Waals surface area (Å²) in [6.07, 6.45) is 2.57. The van der Waals surface area contributed by atoms with Crippen molar-refractivity contribution in [3.63, 3.8) is 0 Å². The molecule has 5 heteroatoms. The maximum absolute atomic E-state index is 13.1. The van der Waals surface area contributed by atoms with Crippen molar-refractivity contribution in [1.82, 2.24) is 15.1 Å². The number of carbonyl (C=O) groups is 1. The molecular formula is C19H29N3O2. The number of ether oxygens (including phenoxy) is 1. The van der Waals surface area contributed by atoms with Gasteiger partial charge in [-0.2, -0.15) is 0 Å². The number of hydrogen-bond acceptors (Lipinski definition) is 4. The summed E-state index contributed by atoms with van der Waals surface area (Å²) in [7, 11) is 1.68. The Labute approximate surface area is 145 Å². The number of benzene rings is 1. The van der Waals surface area contributed by atoms with E-state index in [1.807, 2.05) is 4.90 Å². The highest BCUT2D eigenvalue weighted by Crippen LogP contribution is 2.26. The summed E-state index contributed by atoms with van der Waals surface area (Å²) in [5.41, 5.74) is 0.726. The summed E-state index contributed by atoms with van der Waals surface area (Å²) in [5.74, 6) is 0.188. The smallest absolute Gasteiger partial charge is 0.254 e. The van der Waals surface area contributed by atoms with Crippen molar-refractivity contribution in [3.05, 3.63) is 35.9 Å². The van der Waals surface area contributed by atoms with Crippen LogP contribution in [-0.4, -0.2) is 67.7 Å². The zero-order valence-corrected chi connectivity index (χ0v) is 14.7. The molecule has 1 N–H and O–H groups in total. The van der Waals surface area contributed by atoms with Gasteiger partial charge in [0.1, 0.15) is 5.60 Å². The molecule has 2 fully saturated rings. The van der Waals surface area contributed by atoms with Gasteiger partial charge in [0, 0.05) is 39.8 Å². The Balaban J connectivity index is 1.59. The van der Waals surface area contributed by atoms with Gasteiger partial charge in [-0.15, -0.1) is 0 Å². The van der Waals surface area contributed by atoms with Gasteiger partial charge in [0.05, 0.1) is 0 Å². The van der Waals surface area contributed by atoms with Crippen LogP contribution in [0.4, 0.5) is 0 Å². The van der Waals surface area contributed by atoms with Gasteiger partial charge in [0.2, 0.25) is 0 Å². The third kappa shape index (κ3) is 3.97. The lowest BCUT2D eigenvalue weighted by Gasteiger charge is -2.38. The second-order valence-electron chi connectivity index (χ2n) is 6.86. The summed E-state index contributed by atoms with van der Waals surface area (Å²) in [4.78, 5) is 17.6. The van der Waals surface area contributed by atoms with Gasteiger partial charge in [-0.05, 0) is 37.9 Å². The lowest BCUT2D eigenvalue weighted by molar-refractivity contribution is -0.158. The molecule has 132 valence electrons. The van der Waals surface area contributed by atoms with Gasteiger partial charge < -0.3 is 15.0 Å². The van der Waals surface area contributed by atoms with Gasteiger partial charge in [-0.1, -0.05) is 30.3 Å². The van der Waals surface area contributed by atoms with Crippen molar-refractivity contribution in [3.8, 4) is 0 Å². The monoisotopic (exact) mass is 331 g/mol. The van der Waals surface area contributed by atoms with E-state index in [4.69, 9.17) is 4.74 Å². The Bertz CT molecular complexity index is 529. The first-order chi connectivity index (χ1) is 11.7. The molecular weight excluding hydrogens is 302 g/mol. The van der Waals surface area contributed by atoms with E-state index in [0.717, 1.165) is 65.1 Å². The van der Waals surface area contributed by atoms with Crippen LogP contribution >= 0.6 is 0 Å². The first-order valence-corrected chi connectivity index (χ1v) is 9.05. The van der Waals surface area contributed by atoms with Crippen LogP contribution in [0.15, 0.2) is 30.3 Å². The van der Waals surface area contributed by atoms with E-state index in [-0.39, 0.29) is 5.91 Å². The third-order valence-electron chi connectivity index (χ3n) is 5.32. The van der Waals surface area contributed by atoms with Crippen LogP contribution in [0.1, 0.15) is 24.8 Å². The van der Waals surface area contributed by atoms with Crippen molar-refractivity contribution in [1.29, 1.82) is 0 Å². The zero-order chi connectivity index (χ0) is 16.8. The van der Waals surface area contributed by atoms with E-state index in [1.165, 1.54) is 5.56 Å². The number of rotatable bonds is 4. The fourth-order valence-electron chi connectivity index (χ4n) is 3.80. The molecule has 0 radical (unpaired) electrons. The van der Waals surface area contributed by atoms with Gasteiger partial charge in [0.25, 0.3) is 5.91 Å². The molecule has 2 saturated heterocycles. The number of hydrogen-bond donors (Lipinski definition) is 1. The number of nitrogens with one attached hydrogen (secondary N) is 1. The van der Waals surface area contributed by atoms with Crippen LogP contribution in [0.2, 0.25) is 0 Å². The van der Waals surface area contributed by atoms with Crippen LogP contribution in [0, 0.1) is 0 Å². The molecule has 0 aromatic heterocycles. The molecule has 0 aliphatic carbocycles. The lowest BCUT2D eigenvalue weighted by Crippen LogP contribution is -2.55. The molecule has 2 aliphatic rings.